The number of carbonyl (C=O) groups is 2. The van der Waals surface area contributed by atoms with E-state index < -0.39 is 0 Å². The van der Waals surface area contributed by atoms with Gasteiger partial charge in [-0.2, -0.15) is 0 Å². The van der Waals surface area contributed by atoms with Crippen LogP contribution in [0, 0.1) is 5.92 Å². The van der Waals surface area contributed by atoms with Gasteiger partial charge in [0.05, 0.1) is 14.2 Å². The van der Waals surface area contributed by atoms with Crippen molar-refractivity contribution in [1.29, 1.82) is 0 Å². The molecule has 0 aromatic heterocycles. The molecule has 1 aliphatic rings. The molecule has 0 atom stereocenters. The summed E-state index contributed by atoms with van der Waals surface area (Å²) < 4.78 is 10.5. The first kappa shape index (κ1) is 22.7. The molecule has 2 aromatic carbocycles. The monoisotopic (exact) mass is 442 g/mol. The van der Waals surface area contributed by atoms with E-state index in [-0.39, 0.29) is 11.8 Å². The van der Waals surface area contributed by atoms with Crippen LogP contribution in [0.3, 0.4) is 0 Å². The number of nitrogens with zero attached hydrogens (tertiary/aromatic N) is 1. The molecule has 0 radical (unpaired) electrons. The van der Waals surface area contributed by atoms with Crippen molar-refractivity contribution >= 4 is 29.5 Å². The zero-order valence-electron chi connectivity index (χ0n) is 17.8. The van der Waals surface area contributed by atoms with Crippen molar-refractivity contribution in [2.45, 2.75) is 12.8 Å². The largest absolute Gasteiger partial charge is 0.493 e. The fraction of sp³-hybridized carbons (Fsp3) is 0.333. The Bertz CT molecular complexity index is 952. The molecule has 1 heterocycles. The predicted octanol–water partition coefficient (Wildman–Crippen LogP) is 4.04. The molecule has 2 aromatic rings. The lowest BCUT2D eigenvalue weighted by Gasteiger charge is -2.31. The average molecular weight is 443 g/mol. The highest BCUT2D eigenvalue weighted by molar-refractivity contribution is 6.32. The van der Waals surface area contributed by atoms with Crippen LogP contribution in [0.5, 0.6) is 11.5 Å². The van der Waals surface area contributed by atoms with Crippen molar-refractivity contribution < 1.29 is 19.1 Å². The van der Waals surface area contributed by atoms with Crippen LogP contribution in [0.15, 0.2) is 48.5 Å². The smallest absolute Gasteiger partial charge is 0.251 e. The van der Waals surface area contributed by atoms with E-state index in [9.17, 15) is 9.59 Å². The Morgan fingerprint density at radius 1 is 1.10 bits per heavy atom. The Labute approximate surface area is 187 Å². The quantitative estimate of drug-likeness (QED) is 0.657. The molecule has 0 aliphatic carbocycles. The summed E-state index contributed by atoms with van der Waals surface area (Å²) in [7, 11) is 3.10. The van der Waals surface area contributed by atoms with Gasteiger partial charge in [-0.25, -0.2) is 0 Å². The van der Waals surface area contributed by atoms with Crippen LogP contribution in [0.2, 0.25) is 5.02 Å². The van der Waals surface area contributed by atoms with E-state index in [0.717, 1.165) is 18.4 Å². The van der Waals surface area contributed by atoms with Gasteiger partial charge in [-0.1, -0.05) is 29.8 Å². The average Bonchev–Trinajstić information content (AvgIpc) is 2.81. The number of nitrogens with one attached hydrogen (secondary N) is 1. The number of halogens is 1. The Morgan fingerprint density at radius 2 is 1.81 bits per heavy atom. The van der Waals surface area contributed by atoms with Gasteiger partial charge in [0, 0.05) is 36.3 Å². The standard InChI is InChI=1S/C24H27ClN2O4/c1-30-21-9-7-19(15-22(21)31-2)24(29)26-16-17-11-13-27(14-12-17)23(28)10-8-18-5-3-4-6-20(18)25/h3-10,15,17H,11-14,16H2,1-2H3,(H,26,29)/b10-8+. The molecule has 1 aliphatic heterocycles. The lowest BCUT2D eigenvalue weighted by Crippen LogP contribution is -2.41. The molecule has 0 saturated carbocycles. The number of methoxy groups -OCH3 is 2. The highest BCUT2D eigenvalue weighted by Crippen LogP contribution is 2.27. The third kappa shape index (κ3) is 6.01. The van der Waals surface area contributed by atoms with Crippen molar-refractivity contribution in [3.05, 3.63) is 64.7 Å². The van der Waals surface area contributed by atoms with Crippen molar-refractivity contribution in [2.24, 2.45) is 5.92 Å². The van der Waals surface area contributed by atoms with E-state index in [1.807, 2.05) is 23.1 Å². The molecule has 1 N–H and O–H groups in total. The van der Waals surface area contributed by atoms with Crippen LogP contribution in [0.4, 0.5) is 0 Å². The first-order chi connectivity index (χ1) is 15.0. The van der Waals surface area contributed by atoms with E-state index >= 15 is 0 Å². The van der Waals surface area contributed by atoms with Crippen molar-refractivity contribution in [3.63, 3.8) is 0 Å². The minimum absolute atomic E-state index is 0.0206. The topological polar surface area (TPSA) is 67.9 Å². The number of hydrogen-bond acceptors (Lipinski definition) is 4. The lowest BCUT2D eigenvalue weighted by atomic mass is 9.96. The highest BCUT2D eigenvalue weighted by atomic mass is 35.5. The molecule has 2 amide bonds. The Morgan fingerprint density at radius 3 is 2.48 bits per heavy atom. The van der Waals surface area contributed by atoms with Gasteiger partial charge in [0.25, 0.3) is 5.91 Å². The van der Waals surface area contributed by atoms with Crippen LogP contribution in [-0.2, 0) is 4.79 Å². The van der Waals surface area contributed by atoms with Gasteiger partial charge in [-0.05, 0) is 54.7 Å². The fourth-order valence-electron chi connectivity index (χ4n) is 3.55. The maximum atomic E-state index is 12.5. The van der Waals surface area contributed by atoms with Crippen molar-refractivity contribution in [1.82, 2.24) is 10.2 Å². The molecule has 0 bridgehead atoms. The lowest BCUT2D eigenvalue weighted by molar-refractivity contribution is -0.127. The number of piperidine rings is 1. The number of carbonyl (C=O) groups excluding carboxylic acids is 2. The van der Waals surface area contributed by atoms with E-state index in [0.29, 0.717) is 47.6 Å². The van der Waals surface area contributed by atoms with E-state index in [4.69, 9.17) is 21.1 Å². The second kappa shape index (κ2) is 10.9. The molecule has 31 heavy (non-hydrogen) atoms. The number of hydrogen-bond donors (Lipinski definition) is 1. The maximum absolute atomic E-state index is 12.5. The van der Waals surface area contributed by atoms with Crippen molar-refractivity contribution in [2.75, 3.05) is 33.9 Å². The third-order valence-electron chi connectivity index (χ3n) is 5.43. The minimum Gasteiger partial charge on any atom is -0.493 e. The summed E-state index contributed by atoms with van der Waals surface area (Å²) in [5.74, 6) is 1.27. The number of ether oxygens (including phenoxy) is 2. The normalized spacial score (nSPS) is 14.5. The Kier molecular flexibility index (Phi) is 7.95. The minimum atomic E-state index is -0.151. The first-order valence-electron chi connectivity index (χ1n) is 10.2. The molecule has 3 rings (SSSR count). The van der Waals surface area contributed by atoms with Gasteiger partial charge >= 0.3 is 0 Å². The van der Waals surface area contributed by atoms with Gasteiger partial charge < -0.3 is 19.7 Å². The molecular weight excluding hydrogens is 416 g/mol. The first-order valence-corrected chi connectivity index (χ1v) is 10.6. The number of likely N-dealkylation sites (tertiary alicyclic amines) is 1. The SMILES string of the molecule is COc1ccc(C(=O)NCC2CCN(C(=O)/C=C/c3ccccc3Cl)CC2)cc1OC. The summed E-state index contributed by atoms with van der Waals surface area (Å²) in [4.78, 5) is 26.8. The van der Waals surface area contributed by atoms with Crippen LogP contribution < -0.4 is 14.8 Å². The third-order valence-corrected chi connectivity index (χ3v) is 5.78. The predicted molar refractivity (Wildman–Crippen MR) is 122 cm³/mol. The number of rotatable bonds is 7. The molecule has 0 spiro atoms. The van der Waals surface area contributed by atoms with Gasteiger partial charge in [-0.3, -0.25) is 9.59 Å². The zero-order valence-corrected chi connectivity index (χ0v) is 18.5. The summed E-state index contributed by atoms with van der Waals surface area (Å²) in [6, 6.07) is 12.5. The van der Waals surface area contributed by atoms with Crippen LogP contribution in [0.1, 0.15) is 28.8 Å². The second-order valence-corrected chi connectivity index (χ2v) is 7.81. The van der Waals surface area contributed by atoms with E-state index in [1.54, 1.807) is 43.5 Å². The Hall–Kier alpha value is -2.99. The summed E-state index contributed by atoms with van der Waals surface area (Å²) in [6.07, 6.45) is 5.01. The number of amides is 2. The molecule has 0 unspecified atom stereocenters. The van der Waals surface area contributed by atoms with Gasteiger partial charge in [-0.15, -0.1) is 0 Å². The summed E-state index contributed by atoms with van der Waals surface area (Å²) in [5.41, 5.74) is 1.35. The summed E-state index contributed by atoms with van der Waals surface area (Å²) in [5, 5.41) is 3.61. The van der Waals surface area contributed by atoms with Crippen molar-refractivity contribution in [3.8, 4) is 11.5 Å². The Balaban J connectivity index is 1.46. The zero-order chi connectivity index (χ0) is 22.2. The van der Waals surface area contributed by atoms with Gasteiger partial charge in [0.2, 0.25) is 5.91 Å². The summed E-state index contributed by atoms with van der Waals surface area (Å²) >= 11 is 6.13. The molecule has 1 saturated heterocycles. The van der Waals surface area contributed by atoms with Crippen LogP contribution in [-0.4, -0.2) is 50.6 Å². The van der Waals surface area contributed by atoms with Crippen LogP contribution >= 0.6 is 11.6 Å². The maximum Gasteiger partial charge on any atom is 0.251 e. The fourth-order valence-corrected chi connectivity index (χ4v) is 3.75. The molecular formula is C24H27ClN2O4. The van der Waals surface area contributed by atoms with Crippen LogP contribution in [0.25, 0.3) is 6.08 Å². The highest BCUT2D eigenvalue weighted by Gasteiger charge is 2.22. The van der Waals surface area contributed by atoms with E-state index in [2.05, 4.69) is 5.32 Å². The molecule has 7 heteroatoms. The molecule has 1 fully saturated rings. The van der Waals surface area contributed by atoms with Gasteiger partial charge in [0.15, 0.2) is 11.5 Å². The summed E-state index contributed by atoms with van der Waals surface area (Å²) in [6.45, 7) is 1.91. The molecule has 6 nitrogen and oxygen atoms in total. The van der Waals surface area contributed by atoms with E-state index in [1.165, 1.54) is 7.11 Å². The number of benzene rings is 2. The second-order valence-electron chi connectivity index (χ2n) is 7.40. The molecule has 164 valence electrons. The van der Waals surface area contributed by atoms with Gasteiger partial charge in [0.1, 0.15) is 0 Å².